The minimum atomic E-state index is -0.959. The van der Waals surface area contributed by atoms with E-state index in [4.69, 9.17) is 14.2 Å². The van der Waals surface area contributed by atoms with Crippen molar-refractivity contribution in [1.29, 1.82) is 0 Å². The maximum Gasteiger partial charge on any atom is 0.417 e. The van der Waals surface area contributed by atoms with Gasteiger partial charge in [-0.25, -0.2) is 9.69 Å². The molecule has 6 heteroatoms. The second-order valence-corrected chi connectivity index (χ2v) is 8.31. The molecule has 2 fully saturated rings. The Labute approximate surface area is 192 Å². The van der Waals surface area contributed by atoms with Crippen molar-refractivity contribution in [3.05, 3.63) is 108 Å². The van der Waals surface area contributed by atoms with Gasteiger partial charge in [0.05, 0.1) is 19.3 Å². The van der Waals surface area contributed by atoms with Crippen molar-refractivity contribution in [2.45, 2.75) is 24.2 Å². The summed E-state index contributed by atoms with van der Waals surface area (Å²) in [5.41, 5.74) is 1.85. The minimum Gasteiger partial charge on any atom is -0.447 e. The van der Waals surface area contributed by atoms with Gasteiger partial charge in [-0.2, -0.15) is 0 Å². The molecule has 168 valence electrons. The Balaban J connectivity index is 1.44. The third-order valence-corrected chi connectivity index (χ3v) is 6.19. The highest BCUT2D eigenvalue weighted by atomic mass is 16.6. The third-order valence-electron chi connectivity index (χ3n) is 6.19. The highest BCUT2D eigenvalue weighted by molar-refractivity contribution is 5.96. The molecule has 3 aromatic carbocycles. The van der Waals surface area contributed by atoms with Gasteiger partial charge in [0, 0.05) is 0 Å². The molecule has 2 saturated heterocycles. The number of amides is 2. The average molecular weight is 443 g/mol. The smallest absolute Gasteiger partial charge is 0.417 e. The van der Waals surface area contributed by atoms with E-state index in [-0.39, 0.29) is 25.9 Å². The minimum absolute atomic E-state index is 0.0715. The summed E-state index contributed by atoms with van der Waals surface area (Å²) in [7, 11) is 0. The number of carbonyl (C=O) groups is 2. The van der Waals surface area contributed by atoms with Crippen molar-refractivity contribution in [2.24, 2.45) is 0 Å². The highest BCUT2D eigenvalue weighted by Gasteiger charge is 2.48. The lowest BCUT2D eigenvalue weighted by molar-refractivity contribution is -0.196. The van der Waals surface area contributed by atoms with Gasteiger partial charge in [0.15, 0.2) is 6.10 Å². The summed E-state index contributed by atoms with van der Waals surface area (Å²) in [6.45, 7) is 0.500. The Kier molecular flexibility index (Phi) is 5.94. The van der Waals surface area contributed by atoms with Crippen LogP contribution in [0.4, 0.5) is 4.79 Å². The molecule has 0 aromatic heterocycles. The van der Waals surface area contributed by atoms with Crippen LogP contribution in [0.5, 0.6) is 0 Å². The second kappa shape index (κ2) is 9.17. The Bertz CT molecular complexity index is 1060. The molecule has 0 bridgehead atoms. The monoisotopic (exact) mass is 443 g/mol. The lowest BCUT2D eigenvalue weighted by Crippen LogP contribution is -2.54. The van der Waals surface area contributed by atoms with Crippen molar-refractivity contribution in [1.82, 2.24) is 4.90 Å². The molecule has 0 unspecified atom stereocenters. The second-order valence-electron chi connectivity index (χ2n) is 8.31. The van der Waals surface area contributed by atoms with Crippen LogP contribution in [0.2, 0.25) is 0 Å². The lowest BCUT2D eigenvalue weighted by atomic mass is 9.85. The Morgan fingerprint density at radius 3 is 2.03 bits per heavy atom. The van der Waals surface area contributed by atoms with Gasteiger partial charge in [0.2, 0.25) is 0 Å². The van der Waals surface area contributed by atoms with E-state index in [0.29, 0.717) is 6.42 Å². The number of cyclic esters (lactones) is 1. The largest absolute Gasteiger partial charge is 0.447 e. The van der Waals surface area contributed by atoms with Crippen LogP contribution in [-0.4, -0.2) is 48.9 Å². The molecule has 0 aliphatic carbocycles. The summed E-state index contributed by atoms with van der Waals surface area (Å²) in [6.07, 6.45) is -1.06. The van der Waals surface area contributed by atoms with Crippen LogP contribution in [0, 0.1) is 0 Å². The number of nitrogens with zero attached hydrogens (tertiary/aromatic N) is 1. The van der Waals surface area contributed by atoms with Crippen LogP contribution in [0.15, 0.2) is 91.0 Å². The first-order valence-electron chi connectivity index (χ1n) is 11.1. The lowest BCUT2D eigenvalue weighted by Gasteiger charge is -2.42. The molecule has 5 rings (SSSR count). The van der Waals surface area contributed by atoms with E-state index in [1.165, 1.54) is 4.90 Å². The molecule has 0 N–H and O–H groups in total. The summed E-state index contributed by atoms with van der Waals surface area (Å²) >= 11 is 0. The van der Waals surface area contributed by atoms with Crippen molar-refractivity contribution in [3.8, 4) is 0 Å². The van der Waals surface area contributed by atoms with E-state index in [1.54, 1.807) is 0 Å². The molecule has 0 radical (unpaired) electrons. The highest BCUT2D eigenvalue weighted by Crippen LogP contribution is 2.38. The molecule has 2 heterocycles. The first-order valence-corrected chi connectivity index (χ1v) is 11.1. The fourth-order valence-electron chi connectivity index (χ4n) is 4.55. The molecule has 2 aliphatic heterocycles. The van der Waals surface area contributed by atoms with Crippen molar-refractivity contribution in [3.63, 3.8) is 0 Å². The number of imide groups is 1. The first-order chi connectivity index (χ1) is 16.2. The zero-order valence-corrected chi connectivity index (χ0v) is 18.1. The fraction of sp³-hybridized carbons (Fsp3) is 0.259. The SMILES string of the molecule is O=C1OC[C@@H](Cc2ccccc2)N1C(=O)[C@@H]1COCC(c2ccccc2)(c2ccccc2)O1. The van der Waals surface area contributed by atoms with E-state index in [9.17, 15) is 9.59 Å². The van der Waals surface area contributed by atoms with E-state index < -0.39 is 23.7 Å². The average Bonchev–Trinajstić information content (AvgIpc) is 3.24. The number of ether oxygens (including phenoxy) is 3. The van der Waals surface area contributed by atoms with E-state index in [0.717, 1.165) is 16.7 Å². The quantitative estimate of drug-likeness (QED) is 0.598. The fourth-order valence-corrected chi connectivity index (χ4v) is 4.55. The molecule has 2 atom stereocenters. The standard InChI is InChI=1S/C27H25NO5/c29-25(28-23(17-32-26(28)30)16-20-10-4-1-5-11-20)24-18-31-19-27(33-24,21-12-6-2-7-13-21)22-14-8-3-9-15-22/h1-15,23-24H,16-19H2/t23-,24+/m1/s1. The van der Waals surface area contributed by atoms with Crippen LogP contribution in [0.25, 0.3) is 0 Å². The number of benzene rings is 3. The Morgan fingerprint density at radius 2 is 1.42 bits per heavy atom. The van der Waals surface area contributed by atoms with Crippen LogP contribution in [0.1, 0.15) is 16.7 Å². The normalized spacial score (nSPS) is 22.1. The van der Waals surface area contributed by atoms with Gasteiger partial charge in [0.1, 0.15) is 12.2 Å². The molecule has 2 aliphatic rings. The van der Waals surface area contributed by atoms with Gasteiger partial charge in [-0.05, 0) is 23.1 Å². The molecule has 6 nitrogen and oxygen atoms in total. The van der Waals surface area contributed by atoms with Gasteiger partial charge in [-0.3, -0.25) is 4.79 Å². The van der Waals surface area contributed by atoms with Gasteiger partial charge < -0.3 is 14.2 Å². The van der Waals surface area contributed by atoms with Crippen LogP contribution >= 0.6 is 0 Å². The van der Waals surface area contributed by atoms with Crippen molar-refractivity contribution in [2.75, 3.05) is 19.8 Å². The predicted octanol–water partition coefficient (Wildman–Crippen LogP) is 3.94. The van der Waals surface area contributed by atoms with Gasteiger partial charge >= 0.3 is 6.09 Å². The summed E-state index contributed by atoms with van der Waals surface area (Å²) in [6, 6.07) is 28.8. The zero-order valence-electron chi connectivity index (χ0n) is 18.1. The van der Waals surface area contributed by atoms with Crippen molar-refractivity contribution >= 4 is 12.0 Å². The van der Waals surface area contributed by atoms with Crippen LogP contribution in [-0.2, 0) is 31.0 Å². The number of carbonyl (C=O) groups excluding carboxylic acids is 2. The molecule has 33 heavy (non-hydrogen) atoms. The maximum atomic E-state index is 13.6. The van der Waals surface area contributed by atoms with Crippen molar-refractivity contribution < 1.29 is 23.8 Å². The maximum absolute atomic E-state index is 13.6. The molecular formula is C27H25NO5. The molecule has 0 saturated carbocycles. The van der Waals surface area contributed by atoms with Crippen LogP contribution in [0.3, 0.4) is 0 Å². The number of hydrogen-bond acceptors (Lipinski definition) is 5. The molecule has 3 aromatic rings. The summed E-state index contributed by atoms with van der Waals surface area (Å²) in [5.74, 6) is -0.436. The zero-order chi connectivity index (χ0) is 22.7. The summed E-state index contributed by atoms with van der Waals surface area (Å²) < 4.78 is 17.7. The predicted molar refractivity (Wildman–Crippen MR) is 121 cm³/mol. The van der Waals surface area contributed by atoms with Gasteiger partial charge in [-0.15, -0.1) is 0 Å². The third kappa shape index (κ3) is 4.15. The van der Waals surface area contributed by atoms with Crippen LogP contribution < -0.4 is 0 Å². The van der Waals surface area contributed by atoms with Gasteiger partial charge in [-0.1, -0.05) is 91.0 Å². The topological polar surface area (TPSA) is 65.1 Å². The first kappa shape index (κ1) is 21.4. The molecular weight excluding hydrogens is 418 g/mol. The number of rotatable bonds is 5. The molecule has 2 amide bonds. The van der Waals surface area contributed by atoms with E-state index in [1.807, 2.05) is 91.0 Å². The summed E-state index contributed by atoms with van der Waals surface area (Å²) in [4.78, 5) is 27.3. The molecule has 0 spiro atoms. The van der Waals surface area contributed by atoms with E-state index >= 15 is 0 Å². The number of hydrogen-bond donors (Lipinski definition) is 0. The Morgan fingerprint density at radius 1 is 0.848 bits per heavy atom. The van der Waals surface area contributed by atoms with Gasteiger partial charge in [0.25, 0.3) is 5.91 Å². The Hall–Kier alpha value is -3.48. The van der Waals surface area contributed by atoms with E-state index in [2.05, 4.69) is 0 Å². The summed E-state index contributed by atoms with van der Waals surface area (Å²) in [5, 5.41) is 0.